The molecule has 0 aliphatic heterocycles. The van der Waals surface area contributed by atoms with Crippen LogP contribution in [0.4, 0.5) is 0 Å². The van der Waals surface area contributed by atoms with Crippen LogP contribution < -0.4 is 0 Å². The van der Waals surface area contributed by atoms with E-state index in [1.807, 2.05) is 30.3 Å². The topological polar surface area (TPSA) is 43.6 Å². The Morgan fingerprint density at radius 2 is 2.11 bits per heavy atom. The van der Waals surface area contributed by atoms with Gasteiger partial charge in [0.05, 0.1) is 5.69 Å². The maximum atomic E-state index is 4.35. The number of thioether (sulfide) groups is 1. The Balaban J connectivity index is 2.09. The number of tetrazole rings is 1. The maximum Gasteiger partial charge on any atom is 0.214 e. The molecule has 18 heavy (non-hydrogen) atoms. The molecule has 2 rings (SSSR count). The van der Waals surface area contributed by atoms with Crippen molar-refractivity contribution in [3.05, 3.63) is 30.3 Å². The predicted octanol–water partition coefficient (Wildman–Crippen LogP) is 2.71. The number of hydrogen-bond acceptors (Lipinski definition) is 5. The van der Waals surface area contributed by atoms with Crippen molar-refractivity contribution < 1.29 is 0 Å². The summed E-state index contributed by atoms with van der Waals surface area (Å²) < 4.78 is 1.77. The van der Waals surface area contributed by atoms with Gasteiger partial charge in [0.15, 0.2) is 0 Å². The molecule has 1 aromatic carbocycles. The van der Waals surface area contributed by atoms with E-state index in [4.69, 9.17) is 0 Å². The van der Waals surface area contributed by atoms with Gasteiger partial charge in [0, 0.05) is 5.75 Å². The molecule has 0 fully saturated rings. The van der Waals surface area contributed by atoms with Gasteiger partial charge in [-0.05, 0) is 34.2 Å². The van der Waals surface area contributed by atoms with Gasteiger partial charge in [0.25, 0.3) is 0 Å². The van der Waals surface area contributed by atoms with E-state index in [0.717, 1.165) is 28.8 Å². The lowest BCUT2D eigenvalue weighted by Gasteiger charge is -2.10. The third kappa shape index (κ3) is 3.26. The number of rotatable bonds is 6. The van der Waals surface area contributed by atoms with E-state index in [9.17, 15) is 0 Å². The Labute approximate surface area is 117 Å². The molecule has 4 nitrogen and oxygen atoms in total. The number of nitrogens with zero attached hydrogens (tertiary/aromatic N) is 4. The van der Waals surface area contributed by atoms with E-state index in [1.165, 1.54) is 0 Å². The molecule has 1 atom stereocenters. The average molecular weight is 280 g/mol. The van der Waals surface area contributed by atoms with Gasteiger partial charge < -0.3 is 0 Å². The van der Waals surface area contributed by atoms with Crippen molar-refractivity contribution in [2.45, 2.75) is 18.5 Å². The number of aromatic nitrogens is 4. The molecule has 1 aromatic heterocycles. The first-order valence-electron chi connectivity index (χ1n) is 5.92. The van der Waals surface area contributed by atoms with E-state index in [2.05, 4.69) is 35.1 Å². The van der Waals surface area contributed by atoms with Crippen LogP contribution in [0.15, 0.2) is 35.5 Å². The Morgan fingerprint density at radius 3 is 2.78 bits per heavy atom. The lowest BCUT2D eigenvalue weighted by Crippen LogP contribution is -2.05. The molecule has 0 spiro atoms. The molecular formula is C12H16N4S2. The molecule has 0 aliphatic rings. The first kappa shape index (κ1) is 13.4. The van der Waals surface area contributed by atoms with Gasteiger partial charge in [0.2, 0.25) is 5.16 Å². The van der Waals surface area contributed by atoms with E-state index in [0.29, 0.717) is 5.92 Å². The van der Waals surface area contributed by atoms with Crippen LogP contribution in [0.3, 0.4) is 0 Å². The van der Waals surface area contributed by atoms with Crippen LogP contribution in [0.2, 0.25) is 0 Å². The molecule has 0 bridgehead atoms. The van der Waals surface area contributed by atoms with Crippen LogP contribution in [-0.2, 0) is 0 Å². The SMILES string of the molecule is CCC(CS)CSc1nnnn1-c1ccccc1. The molecule has 96 valence electrons. The Morgan fingerprint density at radius 1 is 1.33 bits per heavy atom. The van der Waals surface area contributed by atoms with E-state index >= 15 is 0 Å². The highest BCUT2D eigenvalue weighted by Crippen LogP contribution is 2.22. The fraction of sp³-hybridized carbons (Fsp3) is 0.417. The lowest BCUT2D eigenvalue weighted by molar-refractivity contribution is 0.647. The second kappa shape index (κ2) is 6.80. The van der Waals surface area contributed by atoms with Crippen molar-refractivity contribution in [3.63, 3.8) is 0 Å². The summed E-state index contributed by atoms with van der Waals surface area (Å²) in [6.07, 6.45) is 1.13. The number of hydrogen-bond donors (Lipinski definition) is 1. The highest BCUT2D eigenvalue weighted by Gasteiger charge is 2.11. The van der Waals surface area contributed by atoms with Gasteiger partial charge in [-0.15, -0.1) is 5.10 Å². The highest BCUT2D eigenvalue weighted by molar-refractivity contribution is 7.99. The van der Waals surface area contributed by atoms with Crippen molar-refractivity contribution in [1.29, 1.82) is 0 Å². The van der Waals surface area contributed by atoms with Crippen LogP contribution in [0.5, 0.6) is 0 Å². The summed E-state index contributed by atoms with van der Waals surface area (Å²) in [4.78, 5) is 0. The zero-order valence-corrected chi connectivity index (χ0v) is 11.9. The predicted molar refractivity (Wildman–Crippen MR) is 77.5 cm³/mol. The van der Waals surface area contributed by atoms with Crippen LogP contribution in [0.25, 0.3) is 5.69 Å². The number of thiol groups is 1. The Bertz CT molecular complexity index is 468. The van der Waals surface area contributed by atoms with Crippen LogP contribution >= 0.6 is 24.4 Å². The van der Waals surface area contributed by atoms with Crippen molar-refractivity contribution >= 4 is 24.4 Å². The van der Waals surface area contributed by atoms with E-state index < -0.39 is 0 Å². The summed E-state index contributed by atoms with van der Waals surface area (Å²) >= 11 is 6.03. The molecule has 1 heterocycles. The first-order chi connectivity index (χ1) is 8.85. The third-order valence-electron chi connectivity index (χ3n) is 2.73. The summed E-state index contributed by atoms with van der Waals surface area (Å²) in [6, 6.07) is 9.93. The van der Waals surface area contributed by atoms with Crippen LogP contribution in [-0.4, -0.2) is 31.7 Å². The molecule has 0 aliphatic carbocycles. The minimum atomic E-state index is 0.597. The second-order valence-electron chi connectivity index (χ2n) is 3.98. The minimum absolute atomic E-state index is 0.597. The van der Waals surface area contributed by atoms with Crippen LogP contribution in [0, 0.1) is 5.92 Å². The smallest absolute Gasteiger partial charge is 0.188 e. The Kier molecular flexibility index (Phi) is 5.07. The van der Waals surface area contributed by atoms with Gasteiger partial charge in [0.1, 0.15) is 0 Å². The average Bonchev–Trinajstić information content (AvgIpc) is 2.89. The molecule has 1 unspecified atom stereocenters. The third-order valence-corrected chi connectivity index (χ3v) is 4.39. The molecule has 0 N–H and O–H groups in total. The summed E-state index contributed by atoms with van der Waals surface area (Å²) in [5.41, 5.74) is 0.990. The second-order valence-corrected chi connectivity index (χ2v) is 5.33. The van der Waals surface area contributed by atoms with Gasteiger partial charge >= 0.3 is 0 Å². The Hall–Kier alpha value is -1.01. The van der Waals surface area contributed by atoms with Gasteiger partial charge in [-0.1, -0.05) is 43.3 Å². The molecule has 6 heteroatoms. The molecular weight excluding hydrogens is 264 g/mol. The quantitative estimate of drug-likeness (QED) is 0.652. The largest absolute Gasteiger partial charge is 0.214 e. The van der Waals surface area contributed by atoms with Gasteiger partial charge in [-0.25, -0.2) is 0 Å². The van der Waals surface area contributed by atoms with Crippen molar-refractivity contribution in [2.24, 2.45) is 5.92 Å². The maximum absolute atomic E-state index is 4.35. The standard InChI is InChI=1S/C12H16N4S2/c1-2-10(8-17)9-18-12-13-14-15-16(12)11-6-4-3-5-7-11/h3-7,10,17H,2,8-9H2,1H3. The van der Waals surface area contributed by atoms with E-state index in [-0.39, 0.29) is 0 Å². The molecule has 0 radical (unpaired) electrons. The minimum Gasteiger partial charge on any atom is -0.188 e. The van der Waals surface area contributed by atoms with Crippen molar-refractivity contribution in [1.82, 2.24) is 20.2 Å². The fourth-order valence-corrected chi connectivity index (χ4v) is 3.15. The number of benzene rings is 1. The zero-order valence-electron chi connectivity index (χ0n) is 10.2. The summed E-state index contributed by atoms with van der Waals surface area (Å²) in [5, 5.41) is 12.7. The van der Waals surface area contributed by atoms with Crippen molar-refractivity contribution in [2.75, 3.05) is 11.5 Å². The normalized spacial score (nSPS) is 12.6. The van der Waals surface area contributed by atoms with E-state index in [1.54, 1.807) is 16.4 Å². The summed E-state index contributed by atoms with van der Waals surface area (Å²) in [6.45, 7) is 2.18. The fourth-order valence-electron chi connectivity index (χ4n) is 1.49. The monoisotopic (exact) mass is 280 g/mol. The lowest BCUT2D eigenvalue weighted by atomic mass is 10.2. The molecule has 0 saturated heterocycles. The zero-order chi connectivity index (χ0) is 12.8. The summed E-state index contributed by atoms with van der Waals surface area (Å²) in [5.74, 6) is 2.49. The van der Waals surface area contributed by atoms with Gasteiger partial charge in [-0.2, -0.15) is 17.3 Å². The summed E-state index contributed by atoms with van der Waals surface area (Å²) in [7, 11) is 0. The molecule has 0 amide bonds. The van der Waals surface area contributed by atoms with Gasteiger partial charge in [-0.3, -0.25) is 0 Å². The molecule has 2 aromatic rings. The van der Waals surface area contributed by atoms with Crippen LogP contribution in [0.1, 0.15) is 13.3 Å². The van der Waals surface area contributed by atoms with Crippen molar-refractivity contribution in [3.8, 4) is 5.69 Å². The molecule has 0 saturated carbocycles. The first-order valence-corrected chi connectivity index (χ1v) is 7.54. The highest BCUT2D eigenvalue weighted by atomic mass is 32.2. The number of para-hydroxylation sites is 1.